The minimum atomic E-state index is -0.436. The van der Waals surface area contributed by atoms with Gasteiger partial charge in [-0.2, -0.15) is 0 Å². The first-order valence-electron chi connectivity index (χ1n) is 7.91. The molecule has 0 aromatic heterocycles. The number of fused-ring (bicyclic) bond motifs is 1. The predicted molar refractivity (Wildman–Crippen MR) is 94.0 cm³/mol. The normalized spacial score (nSPS) is 13.3. The van der Waals surface area contributed by atoms with Crippen LogP contribution in [0.3, 0.4) is 0 Å². The van der Waals surface area contributed by atoms with Gasteiger partial charge in [-0.15, -0.1) is 0 Å². The van der Waals surface area contributed by atoms with Crippen LogP contribution in [0.1, 0.15) is 28.8 Å². The molecular formula is C19H18ClNO3. The summed E-state index contributed by atoms with van der Waals surface area (Å²) in [6, 6.07) is 12.8. The van der Waals surface area contributed by atoms with Gasteiger partial charge < -0.3 is 9.64 Å². The molecular weight excluding hydrogens is 326 g/mol. The van der Waals surface area contributed by atoms with E-state index >= 15 is 0 Å². The number of halogens is 1. The highest BCUT2D eigenvalue weighted by Crippen LogP contribution is 2.29. The molecule has 124 valence electrons. The van der Waals surface area contributed by atoms with E-state index in [0.29, 0.717) is 29.4 Å². The second kappa shape index (κ2) is 7.05. The Bertz CT molecular complexity index is 771. The van der Waals surface area contributed by atoms with E-state index in [4.69, 9.17) is 16.3 Å². The molecule has 0 fully saturated rings. The fourth-order valence-electron chi connectivity index (χ4n) is 2.73. The molecule has 1 aliphatic heterocycles. The number of ether oxygens (including phenoxy) is 1. The van der Waals surface area contributed by atoms with Crippen LogP contribution in [0.5, 0.6) is 5.75 Å². The van der Waals surface area contributed by atoms with Gasteiger partial charge >= 0.3 is 0 Å². The molecule has 0 bridgehead atoms. The minimum Gasteiger partial charge on any atom is -0.494 e. The van der Waals surface area contributed by atoms with Crippen molar-refractivity contribution in [3.05, 3.63) is 58.6 Å². The van der Waals surface area contributed by atoms with Gasteiger partial charge in [0.15, 0.2) is 0 Å². The number of anilines is 1. The standard InChI is InChI=1S/C19H18ClNO3/c1-13-4-9-17-16(12-13)18(22)19(23)21(17)10-2-3-11-24-15-7-5-14(20)6-8-15/h4-9,12H,2-3,10-11H2,1H3. The maximum Gasteiger partial charge on any atom is 0.299 e. The Hall–Kier alpha value is -2.33. The van der Waals surface area contributed by atoms with Gasteiger partial charge in [0.25, 0.3) is 11.7 Å². The smallest absolute Gasteiger partial charge is 0.299 e. The summed E-state index contributed by atoms with van der Waals surface area (Å²) >= 11 is 5.82. The molecule has 2 aromatic rings. The molecule has 2 aromatic carbocycles. The van der Waals surface area contributed by atoms with Gasteiger partial charge in [0, 0.05) is 11.6 Å². The molecule has 3 rings (SSSR count). The van der Waals surface area contributed by atoms with Crippen LogP contribution in [0.4, 0.5) is 5.69 Å². The van der Waals surface area contributed by atoms with Crippen molar-refractivity contribution in [2.75, 3.05) is 18.1 Å². The van der Waals surface area contributed by atoms with Crippen molar-refractivity contribution < 1.29 is 14.3 Å². The van der Waals surface area contributed by atoms with Gasteiger partial charge in [0.05, 0.1) is 17.9 Å². The summed E-state index contributed by atoms with van der Waals surface area (Å²) in [4.78, 5) is 25.7. The van der Waals surface area contributed by atoms with Gasteiger partial charge in [-0.1, -0.05) is 23.2 Å². The predicted octanol–water partition coefficient (Wildman–Crippen LogP) is 4.04. The first kappa shape index (κ1) is 16.5. The molecule has 0 aliphatic carbocycles. The second-order valence-corrected chi connectivity index (χ2v) is 6.25. The van der Waals surface area contributed by atoms with Gasteiger partial charge in [0.1, 0.15) is 5.75 Å². The molecule has 4 nitrogen and oxygen atoms in total. The maximum atomic E-state index is 12.1. The highest BCUT2D eigenvalue weighted by Gasteiger charge is 2.35. The number of benzene rings is 2. The average Bonchev–Trinajstić information content (AvgIpc) is 2.81. The van der Waals surface area contributed by atoms with Gasteiger partial charge in [-0.05, 0) is 56.2 Å². The van der Waals surface area contributed by atoms with Crippen molar-refractivity contribution in [1.29, 1.82) is 0 Å². The Morgan fingerprint density at radius 3 is 2.54 bits per heavy atom. The Labute approximate surface area is 146 Å². The fourth-order valence-corrected chi connectivity index (χ4v) is 2.86. The van der Waals surface area contributed by atoms with E-state index in [-0.39, 0.29) is 0 Å². The Morgan fingerprint density at radius 2 is 1.79 bits per heavy atom. The molecule has 0 N–H and O–H groups in total. The summed E-state index contributed by atoms with van der Waals surface area (Å²) in [5, 5.41) is 0.675. The highest BCUT2D eigenvalue weighted by molar-refractivity contribution is 6.52. The molecule has 5 heteroatoms. The van der Waals surface area contributed by atoms with E-state index < -0.39 is 11.7 Å². The van der Waals surface area contributed by atoms with E-state index in [0.717, 1.165) is 24.2 Å². The van der Waals surface area contributed by atoms with Crippen molar-refractivity contribution in [1.82, 2.24) is 0 Å². The number of hydrogen-bond donors (Lipinski definition) is 0. The third-order valence-corrected chi connectivity index (χ3v) is 4.24. The van der Waals surface area contributed by atoms with Gasteiger partial charge in [-0.3, -0.25) is 9.59 Å². The van der Waals surface area contributed by atoms with Gasteiger partial charge in [-0.25, -0.2) is 0 Å². The number of hydrogen-bond acceptors (Lipinski definition) is 3. The topological polar surface area (TPSA) is 46.6 Å². The number of nitrogens with zero attached hydrogens (tertiary/aromatic N) is 1. The number of amides is 1. The quantitative estimate of drug-likeness (QED) is 0.587. The largest absolute Gasteiger partial charge is 0.494 e. The van der Waals surface area contributed by atoms with Gasteiger partial charge in [0.2, 0.25) is 0 Å². The van der Waals surface area contributed by atoms with Crippen LogP contribution < -0.4 is 9.64 Å². The summed E-state index contributed by atoms with van der Waals surface area (Å²) < 4.78 is 5.63. The molecule has 1 amide bonds. The summed E-state index contributed by atoms with van der Waals surface area (Å²) in [6.07, 6.45) is 1.56. The molecule has 1 aliphatic rings. The second-order valence-electron chi connectivity index (χ2n) is 5.82. The summed E-state index contributed by atoms with van der Waals surface area (Å²) in [6.45, 7) is 2.98. The van der Waals surface area contributed by atoms with Crippen LogP contribution in [0.2, 0.25) is 5.02 Å². The third kappa shape index (κ3) is 3.44. The first-order chi connectivity index (χ1) is 11.6. The number of carbonyl (C=O) groups excluding carboxylic acids is 2. The first-order valence-corrected chi connectivity index (χ1v) is 8.29. The van der Waals surface area contributed by atoms with Crippen LogP contribution >= 0.6 is 11.6 Å². The van der Waals surface area contributed by atoms with E-state index in [1.165, 1.54) is 0 Å². The molecule has 0 saturated carbocycles. The van der Waals surface area contributed by atoms with Crippen molar-refractivity contribution in [3.63, 3.8) is 0 Å². The third-order valence-electron chi connectivity index (χ3n) is 3.99. The molecule has 1 heterocycles. The van der Waals surface area contributed by atoms with Crippen LogP contribution in [0, 0.1) is 6.92 Å². The van der Waals surface area contributed by atoms with E-state index in [1.807, 2.05) is 31.2 Å². The van der Waals surface area contributed by atoms with E-state index in [1.54, 1.807) is 23.1 Å². The van der Waals surface area contributed by atoms with Crippen molar-refractivity contribution in [2.24, 2.45) is 0 Å². The lowest BCUT2D eigenvalue weighted by atomic mass is 10.1. The van der Waals surface area contributed by atoms with Crippen LogP contribution in [0.25, 0.3) is 0 Å². The van der Waals surface area contributed by atoms with E-state index in [2.05, 4.69) is 0 Å². The number of ketones is 1. The maximum absolute atomic E-state index is 12.1. The SMILES string of the molecule is Cc1ccc2c(c1)C(=O)C(=O)N2CCCCOc1ccc(Cl)cc1. The molecule has 0 atom stereocenters. The number of carbonyl (C=O) groups is 2. The number of unbranched alkanes of at least 4 members (excludes halogenated alkanes) is 1. The summed E-state index contributed by atoms with van der Waals surface area (Å²) in [7, 11) is 0. The van der Waals surface area contributed by atoms with Crippen molar-refractivity contribution >= 4 is 29.0 Å². The lowest BCUT2D eigenvalue weighted by Gasteiger charge is -2.16. The zero-order chi connectivity index (χ0) is 17.1. The lowest BCUT2D eigenvalue weighted by Crippen LogP contribution is -2.30. The fraction of sp³-hybridized carbons (Fsp3) is 0.263. The molecule has 0 radical (unpaired) electrons. The number of Topliss-reactive ketones (excluding diaryl/α,β-unsaturated/α-hetero) is 1. The van der Waals surface area contributed by atoms with E-state index in [9.17, 15) is 9.59 Å². The molecule has 0 spiro atoms. The van der Waals surface area contributed by atoms with Crippen LogP contribution in [-0.2, 0) is 4.79 Å². The zero-order valence-corrected chi connectivity index (χ0v) is 14.2. The monoisotopic (exact) mass is 343 g/mol. The molecule has 0 saturated heterocycles. The van der Waals surface area contributed by atoms with Crippen molar-refractivity contribution in [2.45, 2.75) is 19.8 Å². The number of aryl methyl sites for hydroxylation is 1. The van der Waals surface area contributed by atoms with Crippen molar-refractivity contribution in [3.8, 4) is 5.75 Å². The minimum absolute atomic E-state index is 0.411. The highest BCUT2D eigenvalue weighted by atomic mass is 35.5. The summed E-state index contributed by atoms with van der Waals surface area (Å²) in [5.74, 6) is -0.0759. The average molecular weight is 344 g/mol. The molecule has 0 unspecified atom stereocenters. The zero-order valence-electron chi connectivity index (χ0n) is 13.4. The lowest BCUT2D eigenvalue weighted by molar-refractivity contribution is -0.114. The van der Waals surface area contributed by atoms with Crippen LogP contribution in [0.15, 0.2) is 42.5 Å². The number of rotatable bonds is 6. The Kier molecular flexibility index (Phi) is 4.86. The summed E-state index contributed by atoms with van der Waals surface area (Å²) in [5.41, 5.74) is 2.21. The molecule has 24 heavy (non-hydrogen) atoms. The Morgan fingerprint density at radius 1 is 1.04 bits per heavy atom. The van der Waals surface area contributed by atoms with Crippen LogP contribution in [-0.4, -0.2) is 24.8 Å². The Balaban J connectivity index is 1.51.